The van der Waals surface area contributed by atoms with Gasteiger partial charge in [0, 0.05) is 37.6 Å². The molecule has 2 aromatic carbocycles. The zero-order valence-electron chi connectivity index (χ0n) is 12.8. The standard InChI is InChI=1S/C17H16Cl2FN3S/c18-15-5-4-14(11-16(15)19)22-6-8-23(9-7-22)17(24)21-13-3-1-2-12(20)10-13/h1-5,10-11H,6-9H2,(H,21,24). The van der Waals surface area contributed by atoms with Crippen molar-refractivity contribution in [3.05, 3.63) is 58.3 Å². The van der Waals surface area contributed by atoms with Crippen LogP contribution < -0.4 is 10.2 Å². The van der Waals surface area contributed by atoms with E-state index < -0.39 is 0 Å². The molecule has 1 saturated heterocycles. The van der Waals surface area contributed by atoms with E-state index in [0.29, 0.717) is 20.8 Å². The number of hydrogen-bond acceptors (Lipinski definition) is 2. The molecule has 24 heavy (non-hydrogen) atoms. The molecule has 0 radical (unpaired) electrons. The number of halogens is 3. The molecule has 1 N–H and O–H groups in total. The van der Waals surface area contributed by atoms with Gasteiger partial charge in [0.25, 0.3) is 0 Å². The van der Waals surface area contributed by atoms with Gasteiger partial charge in [-0.25, -0.2) is 4.39 Å². The normalized spacial score (nSPS) is 14.6. The first-order valence-corrected chi connectivity index (χ1v) is 8.71. The van der Waals surface area contributed by atoms with Crippen LogP contribution in [-0.2, 0) is 0 Å². The molecule has 0 spiro atoms. The number of hydrogen-bond donors (Lipinski definition) is 1. The van der Waals surface area contributed by atoms with Crippen LogP contribution in [0.1, 0.15) is 0 Å². The Balaban J connectivity index is 1.58. The van der Waals surface area contributed by atoms with E-state index in [1.807, 2.05) is 18.2 Å². The van der Waals surface area contributed by atoms with Crippen LogP contribution in [0.3, 0.4) is 0 Å². The Kier molecular flexibility index (Phi) is 5.43. The zero-order valence-corrected chi connectivity index (χ0v) is 15.1. The lowest BCUT2D eigenvalue weighted by Gasteiger charge is -2.37. The van der Waals surface area contributed by atoms with Crippen molar-refractivity contribution in [1.82, 2.24) is 4.90 Å². The Bertz CT molecular complexity index is 748. The molecule has 126 valence electrons. The van der Waals surface area contributed by atoms with Gasteiger partial charge in [-0.3, -0.25) is 0 Å². The number of nitrogens with zero attached hydrogens (tertiary/aromatic N) is 2. The number of anilines is 2. The topological polar surface area (TPSA) is 18.5 Å². The van der Waals surface area contributed by atoms with Crippen LogP contribution in [0.25, 0.3) is 0 Å². The van der Waals surface area contributed by atoms with Crippen LogP contribution >= 0.6 is 35.4 Å². The Morgan fingerprint density at radius 3 is 2.42 bits per heavy atom. The molecule has 0 saturated carbocycles. The number of rotatable bonds is 2. The molecule has 0 unspecified atom stereocenters. The highest BCUT2D eigenvalue weighted by atomic mass is 35.5. The van der Waals surface area contributed by atoms with Gasteiger partial charge in [0.05, 0.1) is 10.0 Å². The predicted molar refractivity (Wildman–Crippen MR) is 103 cm³/mol. The lowest BCUT2D eigenvalue weighted by molar-refractivity contribution is 0.391. The van der Waals surface area contributed by atoms with Gasteiger partial charge >= 0.3 is 0 Å². The largest absolute Gasteiger partial charge is 0.368 e. The third kappa shape index (κ3) is 4.09. The summed E-state index contributed by atoms with van der Waals surface area (Å²) in [6.45, 7) is 3.20. The second kappa shape index (κ2) is 7.55. The summed E-state index contributed by atoms with van der Waals surface area (Å²) in [5, 5.41) is 4.80. The van der Waals surface area contributed by atoms with Crippen molar-refractivity contribution in [2.45, 2.75) is 0 Å². The fraction of sp³-hybridized carbons (Fsp3) is 0.235. The quantitative estimate of drug-likeness (QED) is 0.760. The molecule has 0 atom stereocenters. The van der Waals surface area contributed by atoms with Crippen molar-refractivity contribution in [3.63, 3.8) is 0 Å². The molecule has 1 fully saturated rings. The fourth-order valence-electron chi connectivity index (χ4n) is 2.62. The molecule has 0 aliphatic carbocycles. The smallest absolute Gasteiger partial charge is 0.173 e. The summed E-state index contributed by atoms with van der Waals surface area (Å²) in [6, 6.07) is 11.9. The second-order valence-electron chi connectivity index (χ2n) is 5.51. The second-order valence-corrected chi connectivity index (χ2v) is 6.71. The molecule has 1 aliphatic heterocycles. The van der Waals surface area contributed by atoms with Crippen molar-refractivity contribution >= 4 is 51.9 Å². The first-order chi connectivity index (χ1) is 11.5. The monoisotopic (exact) mass is 383 g/mol. The summed E-state index contributed by atoms with van der Waals surface area (Å²) in [5.41, 5.74) is 1.71. The third-order valence-corrected chi connectivity index (χ3v) is 5.01. The molecule has 0 bridgehead atoms. The average molecular weight is 384 g/mol. The number of nitrogens with one attached hydrogen (secondary N) is 1. The average Bonchev–Trinajstić information content (AvgIpc) is 2.57. The summed E-state index contributed by atoms with van der Waals surface area (Å²) in [7, 11) is 0. The Labute approximate surface area is 156 Å². The molecule has 3 nitrogen and oxygen atoms in total. The van der Waals surface area contributed by atoms with Gasteiger partial charge in [-0.2, -0.15) is 0 Å². The maximum atomic E-state index is 13.2. The van der Waals surface area contributed by atoms with Crippen molar-refractivity contribution in [3.8, 4) is 0 Å². The Morgan fingerprint density at radius 1 is 1.00 bits per heavy atom. The molecule has 3 rings (SSSR count). The first kappa shape index (κ1) is 17.3. The van der Waals surface area contributed by atoms with E-state index in [-0.39, 0.29) is 5.82 Å². The van der Waals surface area contributed by atoms with Gasteiger partial charge in [-0.1, -0.05) is 29.3 Å². The van der Waals surface area contributed by atoms with Crippen LogP contribution in [0, 0.1) is 5.82 Å². The van der Waals surface area contributed by atoms with Crippen molar-refractivity contribution in [2.75, 3.05) is 36.4 Å². The maximum Gasteiger partial charge on any atom is 0.173 e. The predicted octanol–water partition coefficient (Wildman–Crippen LogP) is 4.65. The lowest BCUT2D eigenvalue weighted by atomic mass is 10.2. The summed E-state index contributed by atoms with van der Waals surface area (Å²) in [5.74, 6) is -0.285. The number of benzene rings is 2. The highest BCUT2D eigenvalue weighted by molar-refractivity contribution is 7.80. The highest BCUT2D eigenvalue weighted by Crippen LogP contribution is 2.27. The van der Waals surface area contributed by atoms with Gasteiger partial charge in [0.1, 0.15) is 5.82 Å². The Morgan fingerprint density at radius 2 is 1.75 bits per heavy atom. The highest BCUT2D eigenvalue weighted by Gasteiger charge is 2.19. The van der Waals surface area contributed by atoms with E-state index in [1.165, 1.54) is 12.1 Å². The van der Waals surface area contributed by atoms with Crippen molar-refractivity contribution in [1.29, 1.82) is 0 Å². The molecule has 1 heterocycles. The summed E-state index contributed by atoms with van der Waals surface area (Å²) >= 11 is 17.5. The minimum atomic E-state index is -0.285. The first-order valence-electron chi connectivity index (χ1n) is 7.54. The van der Waals surface area contributed by atoms with E-state index in [2.05, 4.69) is 15.1 Å². The van der Waals surface area contributed by atoms with Gasteiger partial charge < -0.3 is 15.1 Å². The molecule has 0 amide bonds. The van der Waals surface area contributed by atoms with E-state index in [9.17, 15) is 4.39 Å². The number of thiocarbonyl (C=S) groups is 1. The maximum absolute atomic E-state index is 13.2. The molecule has 1 aliphatic rings. The summed E-state index contributed by atoms with van der Waals surface area (Å²) in [4.78, 5) is 4.32. The molecule has 7 heteroatoms. The van der Waals surface area contributed by atoms with Gasteiger partial charge in [0.2, 0.25) is 0 Å². The van der Waals surface area contributed by atoms with Crippen LogP contribution in [0.4, 0.5) is 15.8 Å². The van der Waals surface area contributed by atoms with E-state index >= 15 is 0 Å². The molecular weight excluding hydrogens is 368 g/mol. The molecule has 0 aromatic heterocycles. The van der Waals surface area contributed by atoms with Crippen LogP contribution in [0.2, 0.25) is 10.0 Å². The van der Waals surface area contributed by atoms with Crippen LogP contribution in [0.15, 0.2) is 42.5 Å². The van der Waals surface area contributed by atoms with E-state index in [4.69, 9.17) is 35.4 Å². The minimum Gasteiger partial charge on any atom is -0.368 e. The summed E-state index contributed by atoms with van der Waals surface area (Å²) < 4.78 is 13.2. The minimum absolute atomic E-state index is 0.285. The van der Waals surface area contributed by atoms with Crippen molar-refractivity contribution in [2.24, 2.45) is 0 Å². The Hall–Kier alpha value is -1.56. The summed E-state index contributed by atoms with van der Waals surface area (Å²) in [6.07, 6.45) is 0. The SMILES string of the molecule is Fc1cccc(NC(=S)N2CCN(c3ccc(Cl)c(Cl)c3)CC2)c1. The van der Waals surface area contributed by atoms with E-state index in [0.717, 1.165) is 31.9 Å². The number of piperazine rings is 1. The molecule has 2 aromatic rings. The van der Waals surface area contributed by atoms with Gasteiger partial charge in [-0.15, -0.1) is 0 Å². The van der Waals surface area contributed by atoms with Gasteiger partial charge in [0.15, 0.2) is 5.11 Å². The van der Waals surface area contributed by atoms with Gasteiger partial charge in [-0.05, 0) is 48.6 Å². The zero-order chi connectivity index (χ0) is 17.1. The van der Waals surface area contributed by atoms with Crippen LogP contribution in [0.5, 0.6) is 0 Å². The van der Waals surface area contributed by atoms with Crippen LogP contribution in [-0.4, -0.2) is 36.2 Å². The third-order valence-electron chi connectivity index (χ3n) is 3.91. The van der Waals surface area contributed by atoms with E-state index in [1.54, 1.807) is 12.1 Å². The lowest BCUT2D eigenvalue weighted by Crippen LogP contribution is -2.50. The van der Waals surface area contributed by atoms with Crippen molar-refractivity contribution < 1.29 is 4.39 Å². The molecular formula is C17H16Cl2FN3S. The fourth-order valence-corrected chi connectivity index (χ4v) is 3.21.